The first-order chi connectivity index (χ1) is 9.08. The highest BCUT2D eigenvalue weighted by molar-refractivity contribution is 7.48. The second kappa shape index (κ2) is 6.63. The van der Waals surface area contributed by atoms with Gasteiger partial charge in [0.05, 0.1) is 0 Å². The van der Waals surface area contributed by atoms with E-state index in [0.29, 0.717) is 17.8 Å². The number of hydrogen-bond donors (Lipinski definition) is 0. The lowest BCUT2D eigenvalue weighted by Crippen LogP contribution is -2.33. The van der Waals surface area contributed by atoms with Crippen molar-refractivity contribution in [3.63, 3.8) is 0 Å². The van der Waals surface area contributed by atoms with E-state index in [0.717, 1.165) is 11.7 Å². The summed E-state index contributed by atoms with van der Waals surface area (Å²) in [6.07, 6.45) is 3.65. The Hall–Kier alpha value is -0.720. The predicted molar refractivity (Wildman–Crippen MR) is 79.9 cm³/mol. The number of benzene rings is 1. The van der Waals surface area contributed by atoms with Crippen LogP contribution in [0.3, 0.4) is 0 Å². The van der Waals surface area contributed by atoms with Crippen molar-refractivity contribution in [2.45, 2.75) is 46.1 Å². The van der Waals surface area contributed by atoms with Gasteiger partial charge >= 0.3 is 8.03 Å². The normalized spacial score (nSPS) is 28.4. The molecule has 0 N–H and O–H groups in total. The van der Waals surface area contributed by atoms with Crippen LogP contribution >= 0.6 is 8.03 Å². The molecule has 0 aromatic heterocycles. The van der Waals surface area contributed by atoms with E-state index in [1.165, 1.54) is 12.8 Å². The fourth-order valence-corrected chi connectivity index (χ4v) is 4.00. The highest BCUT2D eigenvalue weighted by Gasteiger charge is 2.38. The average Bonchev–Trinajstić information content (AvgIpc) is 2.39. The molecule has 0 amide bonds. The van der Waals surface area contributed by atoms with Gasteiger partial charge < -0.3 is 0 Å². The summed E-state index contributed by atoms with van der Waals surface area (Å²) in [5.41, 5.74) is 0. The molecule has 0 radical (unpaired) electrons. The topological polar surface area (TPSA) is 26.3 Å². The summed E-state index contributed by atoms with van der Waals surface area (Å²) in [7, 11) is -1.72. The van der Waals surface area contributed by atoms with Crippen LogP contribution in [0.25, 0.3) is 0 Å². The maximum atomic E-state index is 12.3. The van der Waals surface area contributed by atoms with E-state index in [2.05, 4.69) is 20.8 Å². The minimum absolute atomic E-state index is 0.146. The molecule has 0 heterocycles. The Morgan fingerprint density at radius 3 is 2.53 bits per heavy atom. The standard InChI is InChI=1S/C16H24O2P/c1-12(2)15-10-9-13(3)11-16(15)18-19(17)14-7-5-4-6-8-14/h4-8,12-13,15-16H,9-11H2,1-3H3/q+1. The van der Waals surface area contributed by atoms with E-state index in [-0.39, 0.29) is 6.10 Å². The molecule has 1 fully saturated rings. The highest BCUT2D eigenvalue weighted by atomic mass is 31.1. The van der Waals surface area contributed by atoms with Crippen LogP contribution in [-0.4, -0.2) is 6.10 Å². The first-order valence-corrected chi connectivity index (χ1v) is 8.44. The quantitative estimate of drug-likeness (QED) is 0.757. The molecule has 1 aliphatic carbocycles. The van der Waals surface area contributed by atoms with Crippen LogP contribution in [0.5, 0.6) is 0 Å². The van der Waals surface area contributed by atoms with Crippen molar-refractivity contribution in [3.8, 4) is 0 Å². The SMILES string of the molecule is CC1CCC(C(C)C)C(O[P+](=O)c2ccccc2)C1. The van der Waals surface area contributed by atoms with Gasteiger partial charge in [-0.3, -0.25) is 0 Å². The Bertz CT molecular complexity index is 416. The van der Waals surface area contributed by atoms with E-state index in [9.17, 15) is 4.57 Å². The second-order valence-corrected chi connectivity index (χ2v) is 7.30. The zero-order valence-electron chi connectivity index (χ0n) is 12.1. The molecule has 4 atom stereocenters. The van der Waals surface area contributed by atoms with Crippen molar-refractivity contribution in [1.29, 1.82) is 0 Å². The van der Waals surface area contributed by atoms with Gasteiger partial charge in [0.1, 0.15) is 6.10 Å². The monoisotopic (exact) mass is 279 g/mol. The van der Waals surface area contributed by atoms with Gasteiger partial charge in [0.2, 0.25) is 5.30 Å². The van der Waals surface area contributed by atoms with E-state index in [1.807, 2.05) is 30.3 Å². The van der Waals surface area contributed by atoms with Crippen LogP contribution in [0, 0.1) is 17.8 Å². The molecule has 2 rings (SSSR count). The van der Waals surface area contributed by atoms with Crippen molar-refractivity contribution < 1.29 is 9.09 Å². The van der Waals surface area contributed by atoms with E-state index in [4.69, 9.17) is 4.52 Å². The molecule has 1 aromatic carbocycles. The molecule has 0 bridgehead atoms. The summed E-state index contributed by atoms with van der Waals surface area (Å²) in [6.45, 7) is 6.75. The molecule has 104 valence electrons. The first kappa shape index (κ1) is 14.7. The number of rotatable bonds is 4. The maximum Gasteiger partial charge on any atom is 0.548 e. The Morgan fingerprint density at radius 2 is 1.89 bits per heavy atom. The van der Waals surface area contributed by atoms with Gasteiger partial charge in [-0.05, 0) is 47.3 Å². The lowest BCUT2D eigenvalue weighted by atomic mass is 9.75. The van der Waals surface area contributed by atoms with Gasteiger partial charge in [-0.2, -0.15) is 0 Å². The Kier molecular flexibility index (Phi) is 5.13. The molecule has 1 saturated carbocycles. The minimum atomic E-state index is -1.72. The molecule has 3 heteroatoms. The Labute approximate surface area is 117 Å². The summed E-state index contributed by atoms with van der Waals surface area (Å²) < 4.78 is 18.2. The minimum Gasteiger partial charge on any atom is -0.138 e. The van der Waals surface area contributed by atoms with Crippen LogP contribution in [0.4, 0.5) is 0 Å². The van der Waals surface area contributed by atoms with Crippen LogP contribution in [-0.2, 0) is 9.09 Å². The molecule has 1 aromatic rings. The lowest BCUT2D eigenvalue weighted by molar-refractivity contribution is 0.0538. The van der Waals surface area contributed by atoms with E-state index >= 15 is 0 Å². The van der Waals surface area contributed by atoms with Crippen molar-refractivity contribution in [2.24, 2.45) is 17.8 Å². The second-order valence-electron chi connectivity index (χ2n) is 6.06. The van der Waals surface area contributed by atoms with Gasteiger partial charge in [0, 0.05) is 0 Å². The van der Waals surface area contributed by atoms with Gasteiger partial charge in [-0.25, -0.2) is 0 Å². The van der Waals surface area contributed by atoms with Crippen LogP contribution in [0.15, 0.2) is 30.3 Å². The summed E-state index contributed by atoms with van der Waals surface area (Å²) in [6, 6.07) is 9.53. The molecule has 19 heavy (non-hydrogen) atoms. The third-order valence-electron chi connectivity index (χ3n) is 4.16. The fraction of sp³-hybridized carbons (Fsp3) is 0.625. The molecule has 2 nitrogen and oxygen atoms in total. The van der Waals surface area contributed by atoms with Gasteiger partial charge in [-0.1, -0.05) is 45.4 Å². The van der Waals surface area contributed by atoms with Gasteiger partial charge in [0.25, 0.3) is 0 Å². The molecule has 0 spiro atoms. The van der Waals surface area contributed by atoms with Crippen LogP contribution in [0.1, 0.15) is 40.0 Å². The molecular formula is C16H24O2P+. The Balaban J connectivity index is 2.04. The van der Waals surface area contributed by atoms with E-state index in [1.54, 1.807) is 0 Å². The highest BCUT2D eigenvalue weighted by Crippen LogP contribution is 2.39. The fourth-order valence-electron chi connectivity index (χ4n) is 2.97. The van der Waals surface area contributed by atoms with Gasteiger partial charge in [-0.15, -0.1) is 4.52 Å². The molecular weight excluding hydrogens is 255 g/mol. The van der Waals surface area contributed by atoms with E-state index < -0.39 is 8.03 Å². The molecule has 4 unspecified atom stereocenters. The van der Waals surface area contributed by atoms with Crippen molar-refractivity contribution in [3.05, 3.63) is 30.3 Å². The van der Waals surface area contributed by atoms with Crippen molar-refractivity contribution in [1.82, 2.24) is 0 Å². The first-order valence-electron chi connectivity index (χ1n) is 7.27. The third kappa shape index (κ3) is 3.87. The average molecular weight is 279 g/mol. The summed E-state index contributed by atoms with van der Waals surface area (Å²) in [5, 5.41) is 0.804. The van der Waals surface area contributed by atoms with Crippen molar-refractivity contribution in [2.75, 3.05) is 0 Å². The lowest BCUT2D eigenvalue weighted by Gasteiger charge is -2.33. The summed E-state index contributed by atoms with van der Waals surface area (Å²) >= 11 is 0. The van der Waals surface area contributed by atoms with Gasteiger partial charge in [0.15, 0.2) is 0 Å². The Morgan fingerprint density at radius 1 is 1.21 bits per heavy atom. The maximum absolute atomic E-state index is 12.3. The molecule has 0 saturated heterocycles. The zero-order valence-corrected chi connectivity index (χ0v) is 13.0. The number of hydrogen-bond acceptors (Lipinski definition) is 2. The molecule has 0 aliphatic heterocycles. The largest absolute Gasteiger partial charge is 0.548 e. The van der Waals surface area contributed by atoms with Crippen LogP contribution < -0.4 is 5.30 Å². The zero-order chi connectivity index (χ0) is 13.8. The predicted octanol–water partition coefficient (Wildman–Crippen LogP) is 4.53. The smallest absolute Gasteiger partial charge is 0.138 e. The van der Waals surface area contributed by atoms with Crippen LogP contribution in [0.2, 0.25) is 0 Å². The molecule has 1 aliphatic rings. The summed E-state index contributed by atoms with van der Waals surface area (Å²) in [5.74, 6) is 1.81. The summed E-state index contributed by atoms with van der Waals surface area (Å²) in [4.78, 5) is 0. The third-order valence-corrected chi connectivity index (χ3v) is 5.34. The van der Waals surface area contributed by atoms with Crippen molar-refractivity contribution >= 4 is 13.3 Å².